The molecule has 0 amide bonds. The smallest absolute Gasteiger partial charge is 0.158 e. The first kappa shape index (κ1) is 15.9. The van der Waals surface area contributed by atoms with Gasteiger partial charge in [0.05, 0.1) is 12.2 Å². The summed E-state index contributed by atoms with van der Waals surface area (Å²) in [5.41, 5.74) is 0. The largest absolute Gasteiger partial charge is 0.350 e. The number of ether oxygens (including phenoxy) is 2. The van der Waals surface area contributed by atoms with Crippen molar-refractivity contribution in [1.82, 2.24) is 0 Å². The topological polar surface area (TPSA) is 18.5 Å². The van der Waals surface area contributed by atoms with Crippen LogP contribution >= 0.6 is 0 Å². The Morgan fingerprint density at radius 2 is 1.06 bits per heavy atom. The molecule has 2 heteroatoms. The minimum atomic E-state index is -0.345. The average Bonchev–Trinajstić information content (AvgIpc) is 1.97. The molecule has 0 aromatic rings. The molecule has 0 saturated carbocycles. The highest BCUT2D eigenvalue weighted by atomic mass is 16.7. The fourth-order valence-electron chi connectivity index (χ4n) is 1.99. The molecule has 97 valence electrons. The minimum Gasteiger partial charge on any atom is -0.350 e. The third-order valence-electron chi connectivity index (χ3n) is 2.37. The van der Waals surface area contributed by atoms with Crippen LogP contribution in [0.4, 0.5) is 0 Å². The van der Waals surface area contributed by atoms with Gasteiger partial charge in [-0.25, -0.2) is 0 Å². The molecule has 0 aliphatic rings. The zero-order valence-corrected chi connectivity index (χ0v) is 11.8. The van der Waals surface area contributed by atoms with Crippen LogP contribution in [0.3, 0.4) is 0 Å². The quantitative estimate of drug-likeness (QED) is 0.585. The zero-order chi connectivity index (χ0) is 12.7. The van der Waals surface area contributed by atoms with Crippen molar-refractivity contribution in [3.8, 4) is 0 Å². The van der Waals surface area contributed by atoms with E-state index < -0.39 is 0 Å². The van der Waals surface area contributed by atoms with Crippen LogP contribution in [0.1, 0.15) is 54.4 Å². The van der Waals surface area contributed by atoms with E-state index in [0.717, 1.165) is 12.8 Å². The van der Waals surface area contributed by atoms with Gasteiger partial charge in [0.25, 0.3) is 0 Å². The summed E-state index contributed by atoms with van der Waals surface area (Å²) in [7, 11) is 0. The predicted molar refractivity (Wildman–Crippen MR) is 69.1 cm³/mol. The average molecular weight is 229 g/mol. The molecule has 0 N–H and O–H groups in total. The highest BCUT2D eigenvalue weighted by Crippen LogP contribution is 2.14. The molecule has 0 heterocycles. The standard InChI is InChI=1S/C14H29O2/c1-10(2)8-12(5)15-14(7)16-13(6)9-11(3)4/h10-14H,7-9H2,1-6H3. The predicted octanol–water partition coefficient (Wildman–Crippen LogP) is 4.05. The molecule has 16 heavy (non-hydrogen) atoms. The van der Waals surface area contributed by atoms with Crippen LogP contribution in [0.15, 0.2) is 0 Å². The Kier molecular flexibility index (Phi) is 8.04. The molecule has 0 aromatic heterocycles. The second-order valence-electron chi connectivity index (χ2n) is 5.58. The van der Waals surface area contributed by atoms with Crippen LogP contribution < -0.4 is 0 Å². The van der Waals surface area contributed by atoms with Gasteiger partial charge in [0.1, 0.15) is 0 Å². The lowest BCUT2D eigenvalue weighted by Crippen LogP contribution is -2.26. The normalized spacial score (nSPS) is 17.8. The molecular weight excluding hydrogens is 200 g/mol. The summed E-state index contributed by atoms with van der Waals surface area (Å²) in [4.78, 5) is 0. The van der Waals surface area contributed by atoms with Crippen molar-refractivity contribution in [2.75, 3.05) is 0 Å². The van der Waals surface area contributed by atoms with Gasteiger partial charge in [0.15, 0.2) is 6.29 Å². The zero-order valence-electron chi connectivity index (χ0n) is 11.8. The van der Waals surface area contributed by atoms with Crippen LogP contribution in [-0.2, 0) is 9.47 Å². The van der Waals surface area contributed by atoms with Crippen LogP contribution in [-0.4, -0.2) is 18.5 Å². The van der Waals surface area contributed by atoms with Gasteiger partial charge in [-0.15, -0.1) is 0 Å². The van der Waals surface area contributed by atoms with Crippen molar-refractivity contribution >= 4 is 0 Å². The van der Waals surface area contributed by atoms with Crippen LogP contribution in [0.5, 0.6) is 0 Å². The molecule has 0 fully saturated rings. The second kappa shape index (κ2) is 8.08. The van der Waals surface area contributed by atoms with Gasteiger partial charge < -0.3 is 9.47 Å². The van der Waals surface area contributed by atoms with E-state index in [1.807, 2.05) is 0 Å². The summed E-state index contributed by atoms with van der Waals surface area (Å²) < 4.78 is 11.4. The molecule has 0 bridgehead atoms. The van der Waals surface area contributed by atoms with Gasteiger partial charge in [-0.3, -0.25) is 0 Å². The maximum absolute atomic E-state index is 5.68. The first-order valence-electron chi connectivity index (χ1n) is 6.45. The van der Waals surface area contributed by atoms with E-state index in [-0.39, 0.29) is 18.5 Å². The summed E-state index contributed by atoms with van der Waals surface area (Å²) in [6.07, 6.45) is 2.19. The summed E-state index contributed by atoms with van der Waals surface area (Å²) in [6, 6.07) is 0. The van der Waals surface area contributed by atoms with Crippen molar-refractivity contribution in [3.63, 3.8) is 0 Å². The molecule has 0 aliphatic carbocycles. The van der Waals surface area contributed by atoms with Crippen molar-refractivity contribution < 1.29 is 9.47 Å². The first-order valence-corrected chi connectivity index (χ1v) is 6.45. The highest BCUT2D eigenvalue weighted by Gasteiger charge is 2.14. The minimum absolute atomic E-state index is 0.216. The van der Waals surface area contributed by atoms with E-state index in [1.54, 1.807) is 0 Å². The van der Waals surface area contributed by atoms with Crippen molar-refractivity contribution in [2.45, 2.75) is 72.9 Å². The third-order valence-corrected chi connectivity index (χ3v) is 2.37. The lowest BCUT2D eigenvalue weighted by Gasteiger charge is -2.24. The van der Waals surface area contributed by atoms with Crippen LogP contribution in [0, 0.1) is 18.8 Å². The van der Waals surface area contributed by atoms with Crippen molar-refractivity contribution in [2.24, 2.45) is 11.8 Å². The van der Waals surface area contributed by atoms with E-state index in [4.69, 9.17) is 9.47 Å². The Morgan fingerprint density at radius 1 is 0.750 bits per heavy atom. The summed E-state index contributed by atoms with van der Waals surface area (Å²) in [5, 5.41) is 0. The van der Waals surface area contributed by atoms with Crippen LogP contribution in [0.25, 0.3) is 0 Å². The van der Waals surface area contributed by atoms with Crippen LogP contribution in [0.2, 0.25) is 0 Å². The summed E-state index contributed by atoms with van der Waals surface area (Å²) >= 11 is 0. The lowest BCUT2D eigenvalue weighted by molar-refractivity contribution is -0.167. The van der Waals surface area contributed by atoms with E-state index in [0.29, 0.717) is 11.8 Å². The molecule has 0 aromatic carbocycles. The maximum Gasteiger partial charge on any atom is 0.158 e. The number of hydrogen-bond acceptors (Lipinski definition) is 2. The van der Waals surface area contributed by atoms with Gasteiger partial charge in [-0.2, -0.15) is 0 Å². The second-order valence-corrected chi connectivity index (χ2v) is 5.58. The van der Waals surface area contributed by atoms with Crippen molar-refractivity contribution in [3.05, 3.63) is 6.92 Å². The van der Waals surface area contributed by atoms with Gasteiger partial charge >= 0.3 is 0 Å². The van der Waals surface area contributed by atoms with Gasteiger partial charge in [-0.1, -0.05) is 27.7 Å². The molecule has 0 saturated heterocycles. The van der Waals surface area contributed by atoms with Crippen molar-refractivity contribution in [1.29, 1.82) is 0 Å². The Morgan fingerprint density at radius 3 is 1.31 bits per heavy atom. The third kappa shape index (κ3) is 9.17. The summed E-state index contributed by atoms with van der Waals surface area (Å²) in [5.74, 6) is 1.30. The molecule has 0 rings (SSSR count). The first-order chi connectivity index (χ1) is 7.31. The Bertz CT molecular complexity index is 148. The fourth-order valence-corrected chi connectivity index (χ4v) is 1.99. The van der Waals surface area contributed by atoms with Gasteiger partial charge in [0.2, 0.25) is 0 Å². The molecular formula is C14H29O2. The Labute approximate surface area is 102 Å². The molecule has 2 atom stereocenters. The maximum atomic E-state index is 5.68. The number of hydrogen-bond donors (Lipinski definition) is 0. The molecule has 0 spiro atoms. The number of rotatable bonds is 8. The SMILES string of the molecule is [CH2]C(OC(C)CC(C)C)OC(C)CC(C)C. The van der Waals surface area contributed by atoms with E-state index in [1.165, 1.54) is 0 Å². The highest BCUT2D eigenvalue weighted by molar-refractivity contribution is 4.60. The lowest BCUT2D eigenvalue weighted by atomic mass is 10.1. The molecule has 0 aliphatic heterocycles. The summed E-state index contributed by atoms with van der Waals surface area (Å²) in [6.45, 7) is 16.8. The fraction of sp³-hybridized carbons (Fsp3) is 0.929. The molecule has 1 radical (unpaired) electrons. The van der Waals surface area contributed by atoms with Gasteiger partial charge in [-0.05, 0) is 38.5 Å². The monoisotopic (exact) mass is 229 g/mol. The Balaban J connectivity index is 3.75. The molecule has 2 unspecified atom stereocenters. The van der Waals surface area contributed by atoms with E-state index in [9.17, 15) is 0 Å². The Hall–Kier alpha value is -0.0800. The van der Waals surface area contributed by atoms with E-state index >= 15 is 0 Å². The van der Waals surface area contributed by atoms with Gasteiger partial charge in [0, 0.05) is 6.92 Å². The molecule has 2 nitrogen and oxygen atoms in total. The van der Waals surface area contributed by atoms with E-state index in [2.05, 4.69) is 48.5 Å².